The number of anilines is 1. The molecular weight excluding hydrogens is 272 g/mol. The van der Waals surface area contributed by atoms with Crippen LogP contribution in [0.1, 0.15) is 39.2 Å². The maximum absolute atomic E-state index is 11.8. The van der Waals surface area contributed by atoms with E-state index in [1.54, 1.807) is 6.07 Å². The van der Waals surface area contributed by atoms with Crippen molar-refractivity contribution in [2.24, 2.45) is 5.73 Å². The number of amides is 1. The molecule has 5 heteroatoms. The van der Waals surface area contributed by atoms with Gasteiger partial charge in [0.1, 0.15) is 4.99 Å². The van der Waals surface area contributed by atoms with Crippen LogP contribution in [0.5, 0.6) is 0 Å². The fourth-order valence-corrected chi connectivity index (χ4v) is 1.71. The van der Waals surface area contributed by atoms with E-state index in [1.165, 1.54) is 0 Å². The molecule has 20 heavy (non-hydrogen) atoms. The molecular formula is C15H22N2O2S. The molecule has 0 aromatic heterocycles. The summed E-state index contributed by atoms with van der Waals surface area (Å²) in [6.45, 7) is 6.56. The van der Waals surface area contributed by atoms with Crippen LogP contribution < -0.4 is 11.1 Å². The minimum Gasteiger partial charge on any atom is -0.389 e. The molecule has 0 saturated carbocycles. The normalized spacial score (nSPS) is 11.2. The van der Waals surface area contributed by atoms with Crippen molar-refractivity contribution in [1.82, 2.24) is 0 Å². The van der Waals surface area contributed by atoms with Gasteiger partial charge in [-0.1, -0.05) is 24.4 Å². The van der Waals surface area contributed by atoms with Crippen molar-refractivity contribution < 1.29 is 9.53 Å². The minimum absolute atomic E-state index is 0.0393. The second-order valence-corrected chi connectivity index (χ2v) is 6.00. The molecule has 1 rings (SSSR count). The number of carbonyl (C=O) groups excluding carboxylic acids is 1. The van der Waals surface area contributed by atoms with Crippen molar-refractivity contribution in [3.05, 3.63) is 29.8 Å². The maximum atomic E-state index is 11.8. The topological polar surface area (TPSA) is 64.3 Å². The highest BCUT2D eigenvalue weighted by atomic mass is 32.1. The molecule has 4 nitrogen and oxygen atoms in total. The van der Waals surface area contributed by atoms with Crippen molar-refractivity contribution in [1.29, 1.82) is 0 Å². The van der Waals surface area contributed by atoms with E-state index in [9.17, 15) is 4.79 Å². The zero-order valence-corrected chi connectivity index (χ0v) is 13.0. The summed E-state index contributed by atoms with van der Waals surface area (Å²) < 4.78 is 5.57. The molecule has 0 saturated heterocycles. The second kappa shape index (κ2) is 7.36. The SMILES string of the molecule is CC(C)(C)OCCCC(=O)Nc1cccc(C(N)=S)c1. The van der Waals surface area contributed by atoms with Crippen molar-refractivity contribution in [3.8, 4) is 0 Å². The molecule has 0 unspecified atom stereocenters. The summed E-state index contributed by atoms with van der Waals surface area (Å²) in [7, 11) is 0. The van der Waals surface area contributed by atoms with E-state index in [0.717, 1.165) is 5.56 Å². The van der Waals surface area contributed by atoms with E-state index >= 15 is 0 Å². The van der Waals surface area contributed by atoms with Gasteiger partial charge < -0.3 is 15.8 Å². The zero-order valence-electron chi connectivity index (χ0n) is 12.2. The van der Waals surface area contributed by atoms with Gasteiger partial charge in [0.05, 0.1) is 5.60 Å². The molecule has 0 radical (unpaired) electrons. The molecule has 0 heterocycles. The van der Waals surface area contributed by atoms with Gasteiger partial charge in [0, 0.05) is 24.3 Å². The van der Waals surface area contributed by atoms with Gasteiger partial charge in [-0.05, 0) is 39.3 Å². The Morgan fingerprint density at radius 2 is 2.10 bits per heavy atom. The largest absolute Gasteiger partial charge is 0.389 e. The van der Waals surface area contributed by atoms with Crippen LogP contribution in [0.3, 0.4) is 0 Å². The van der Waals surface area contributed by atoms with E-state index < -0.39 is 0 Å². The highest BCUT2D eigenvalue weighted by molar-refractivity contribution is 7.80. The third-order valence-corrected chi connectivity index (χ3v) is 2.75. The molecule has 3 N–H and O–H groups in total. The summed E-state index contributed by atoms with van der Waals surface area (Å²) >= 11 is 4.90. The van der Waals surface area contributed by atoms with E-state index in [2.05, 4.69) is 5.32 Å². The lowest BCUT2D eigenvalue weighted by Gasteiger charge is -2.19. The van der Waals surface area contributed by atoms with Crippen LogP contribution >= 0.6 is 12.2 Å². The Labute approximate surface area is 125 Å². The van der Waals surface area contributed by atoms with Crippen LogP contribution in [0.4, 0.5) is 5.69 Å². The van der Waals surface area contributed by atoms with E-state index in [-0.39, 0.29) is 11.5 Å². The van der Waals surface area contributed by atoms with Gasteiger partial charge in [0.15, 0.2) is 0 Å². The minimum atomic E-state index is -0.165. The van der Waals surface area contributed by atoms with Gasteiger partial charge in [-0.25, -0.2) is 0 Å². The summed E-state index contributed by atoms with van der Waals surface area (Å²) in [5.74, 6) is -0.0393. The molecule has 0 bridgehead atoms. The number of benzene rings is 1. The summed E-state index contributed by atoms with van der Waals surface area (Å²) in [5, 5.41) is 2.83. The monoisotopic (exact) mass is 294 g/mol. The number of hydrogen-bond donors (Lipinski definition) is 2. The van der Waals surface area contributed by atoms with Crippen molar-refractivity contribution in [2.75, 3.05) is 11.9 Å². The van der Waals surface area contributed by atoms with Gasteiger partial charge in [-0.3, -0.25) is 4.79 Å². The summed E-state index contributed by atoms with van der Waals surface area (Å²) in [5.41, 5.74) is 6.84. The highest BCUT2D eigenvalue weighted by Crippen LogP contribution is 2.12. The van der Waals surface area contributed by atoms with Crippen LogP contribution in [0.15, 0.2) is 24.3 Å². The first-order chi connectivity index (χ1) is 9.28. The Bertz CT molecular complexity index is 481. The zero-order chi connectivity index (χ0) is 15.2. The Balaban J connectivity index is 2.39. The molecule has 0 spiro atoms. The van der Waals surface area contributed by atoms with Gasteiger partial charge in [0.25, 0.3) is 0 Å². The van der Waals surface area contributed by atoms with Crippen molar-refractivity contribution in [2.45, 2.75) is 39.2 Å². The van der Waals surface area contributed by atoms with Gasteiger partial charge in [-0.15, -0.1) is 0 Å². The van der Waals surface area contributed by atoms with Gasteiger partial charge in [-0.2, -0.15) is 0 Å². The Hall–Kier alpha value is -1.46. The Morgan fingerprint density at radius 3 is 2.70 bits per heavy atom. The van der Waals surface area contributed by atoms with E-state index in [0.29, 0.717) is 30.1 Å². The average molecular weight is 294 g/mol. The number of rotatable bonds is 6. The first-order valence-corrected chi connectivity index (χ1v) is 7.02. The molecule has 1 aromatic rings. The average Bonchev–Trinajstić information content (AvgIpc) is 2.34. The molecule has 0 fully saturated rings. The number of nitrogens with one attached hydrogen (secondary N) is 1. The number of ether oxygens (including phenoxy) is 1. The molecule has 0 aliphatic heterocycles. The molecule has 0 atom stereocenters. The highest BCUT2D eigenvalue weighted by Gasteiger charge is 2.10. The lowest BCUT2D eigenvalue weighted by molar-refractivity contribution is -0.116. The fourth-order valence-electron chi connectivity index (χ4n) is 1.58. The van der Waals surface area contributed by atoms with Crippen molar-refractivity contribution >= 4 is 28.8 Å². The second-order valence-electron chi connectivity index (χ2n) is 5.56. The van der Waals surface area contributed by atoms with Crippen LogP contribution in [-0.4, -0.2) is 23.1 Å². The number of carbonyl (C=O) groups is 1. The molecule has 0 aliphatic carbocycles. The smallest absolute Gasteiger partial charge is 0.224 e. The Morgan fingerprint density at radius 1 is 1.40 bits per heavy atom. The number of thiocarbonyl (C=S) groups is 1. The lowest BCUT2D eigenvalue weighted by Crippen LogP contribution is -2.20. The summed E-state index contributed by atoms with van der Waals surface area (Å²) in [4.78, 5) is 12.1. The standard InChI is InChI=1S/C15H22N2O2S/c1-15(2,3)19-9-5-8-13(18)17-12-7-4-6-11(10-12)14(16)20/h4,6-7,10H,5,8-9H2,1-3H3,(H2,16,20)(H,17,18). The third-order valence-electron chi connectivity index (χ3n) is 2.51. The summed E-state index contributed by atoms with van der Waals surface area (Å²) in [6.07, 6.45) is 1.12. The maximum Gasteiger partial charge on any atom is 0.224 e. The summed E-state index contributed by atoms with van der Waals surface area (Å²) in [6, 6.07) is 7.21. The quantitative estimate of drug-likeness (QED) is 0.625. The molecule has 1 aromatic carbocycles. The van der Waals surface area contributed by atoms with Crippen LogP contribution in [-0.2, 0) is 9.53 Å². The van der Waals surface area contributed by atoms with Gasteiger partial charge in [0.2, 0.25) is 5.91 Å². The van der Waals surface area contributed by atoms with Crippen LogP contribution in [0.2, 0.25) is 0 Å². The Kier molecular flexibility index (Phi) is 6.10. The lowest BCUT2D eigenvalue weighted by atomic mass is 10.2. The molecule has 0 aliphatic rings. The van der Waals surface area contributed by atoms with Crippen LogP contribution in [0, 0.1) is 0 Å². The molecule has 1 amide bonds. The number of hydrogen-bond acceptors (Lipinski definition) is 3. The predicted octanol–water partition coefficient (Wildman–Crippen LogP) is 2.85. The first-order valence-electron chi connectivity index (χ1n) is 6.61. The van der Waals surface area contributed by atoms with Gasteiger partial charge >= 0.3 is 0 Å². The fraction of sp³-hybridized carbons (Fsp3) is 0.467. The number of nitrogens with two attached hydrogens (primary N) is 1. The van der Waals surface area contributed by atoms with Crippen LogP contribution in [0.25, 0.3) is 0 Å². The third kappa shape index (κ3) is 6.63. The van der Waals surface area contributed by atoms with Crippen molar-refractivity contribution in [3.63, 3.8) is 0 Å². The molecule has 110 valence electrons. The first kappa shape index (κ1) is 16.6. The van der Waals surface area contributed by atoms with E-state index in [4.69, 9.17) is 22.7 Å². The predicted molar refractivity (Wildman–Crippen MR) is 85.9 cm³/mol. The van der Waals surface area contributed by atoms with E-state index in [1.807, 2.05) is 39.0 Å².